The zero-order valence-corrected chi connectivity index (χ0v) is 15.6. The zero-order valence-electron chi connectivity index (χ0n) is 15.6. The number of ether oxygens (including phenoxy) is 1. The van der Waals surface area contributed by atoms with E-state index in [-0.39, 0.29) is 11.9 Å². The van der Waals surface area contributed by atoms with Crippen LogP contribution in [0.3, 0.4) is 0 Å². The second-order valence-corrected chi connectivity index (χ2v) is 6.23. The molecular formula is C20H24N4O2. The number of anilines is 1. The lowest BCUT2D eigenvalue weighted by Gasteiger charge is -2.22. The molecule has 0 aliphatic rings. The third kappa shape index (κ3) is 5.21. The van der Waals surface area contributed by atoms with Crippen molar-refractivity contribution in [3.8, 4) is 17.7 Å². The van der Waals surface area contributed by atoms with Crippen molar-refractivity contribution in [1.82, 2.24) is 9.88 Å². The Balaban J connectivity index is 1.99. The first-order valence-electron chi connectivity index (χ1n) is 8.59. The summed E-state index contributed by atoms with van der Waals surface area (Å²) in [7, 11) is 0. The van der Waals surface area contributed by atoms with Crippen LogP contribution in [0.1, 0.15) is 25.0 Å². The summed E-state index contributed by atoms with van der Waals surface area (Å²) in [5, 5.41) is 11.7. The summed E-state index contributed by atoms with van der Waals surface area (Å²) in [5.74, 6) is 0.962. The molecule has 0 aliphatic carbocycles. The van der Waals surface area contributed by atoms with Crippen LogP contribution in [0.5, 0.6) is 11.6 Å². The molecule has 1 N–H and O–H groups in total. The Bertz CT molecular complexity index is 796. The number of hydrogen-bond acceptors (Lipinski definition) is 4. The van der Waals surface area contributed by atoms with E-state index in [0.717, 1.165) is 11.3 Å². The summed E-state index contributed by atoms with van der Waals surface area (Å²) in [6.07, 6.45) is 1.55. The number of carbonyl (C=O) groups is 1. The number of aromatic nitrogens is 1. The van der Waals surface area contributed by atoms with Gasteiger partial charge in [-0.2, -0.15) is 5.26 Å². The molecule has 26 heavy (non-hydrogen) atoms. The SMILES string of the molecule is CCN(C[C@@H](C)C#N)C(=O)Nc1ccc(Oc2ccc(C)c(C)c2)nc1. The molecule has 0 unspecified atom stereocenters. The van der Waals surface area contributed by atoms with Gasteiger partial charge < -0.3 is 15.0 Å². The molecule has 1 heterocycles. The highest BCUT2D eigenvalue weighted by Crippen LogP contribution is 2.23. The van der Waals surface area contributed by atoms with Crippen LogP contribution in [0, 0.1) is 31.1 Å². The largest absolute Gasteiger partial charge is 0.439 e. The second kappa shape index (κ2) is 8.86. The lowest BCUT2D eigenvalue weighted by molar-refractivity contribution is 0.210. The molecule has 0 saturated carbocycles. The molecular weight excluding hydrogens is 328 g/mol. The predicted octanol–water partition coefficient (Wildman–Crippen LogP) is 4.50. The van der Waals surface area contributed by atoms with Gasteiger partial charge in [-0.3, -0.25) is 0 Å². The maximum absolute atomic E-state index is 12.3. The number of rotatable bonds is 6. The van der Waals surface area contributed by atoms with E-state index in [1.54, 1.807) is 30.2 Å². The van der Waals surface area contributed by atoms with Gasteiger partial charge in [0.2, 0.25) is 5.88 Å². The van der Waals surface area contributed by atoms with Gasteiger partial charge in [-0.05, 0) is 57.0 Å². The number of nitrogens with zero attached hydrogens (tertiary/aromatic N) is 3. The Morgan fingerprint density at radius 1 is 1.31 bits per heavy atom. The van der Waals surface area contributed by atoms with Gasteiger partial charge in [0.05, 0.1) is 23.9 Å². The van der Waals surface area contributed by atoms with Crippen LogP contribution < -0.4 is 10.1 Å². The minimum atomic E-state index is -0.251. The number of hydrogen-bond donors (Lipinski definition) is 1. The van der Waals surface area contributed by atoms with E-state index in [1.807, 2.05) is 39.0 Å². The van der Waals surface area contributed by atoms with Crippen LogP contribution in [0.15, 0.2) is 36.5 Å². The number of urea groups is 1. The van der Waals surface area contributed by atoms with E-state index < -0.39 is 0 Å². The molecule has 2 aromatic rings. The fourth-order valence-electron chi connectivity index (χ4n) is 2.34. The van der Waals surface area contributed by atoms with Crippen LogP contribution in [-0.4, -0.2) is 29.0 Å². The number of carbonyl (C=O) groups excluding carboxylic acids is 1. The maximum Gasteiger partial charge on any atom is 0.321 e. The summed E-state index contributed by atoms with van der Waals surface area (Å²) in [6.45, 7) is 8.66. The molecule has 0 spiro atoms. The molecule has 6 nitrogen and oxygen atoms in total. The average Bonchev–Trinajstić information content (AvgIpc) is 2.64. The van der Waals surface area contributed by atoms with Gasteiger partial charge in [0.25, 0.3) is 0 Å². The van der Waals surface area contributed by atoms with E-state index in [9.17, 15) is 4.79 Å². The monoisotopic (exact) mass is 352 g/mol. The summed E-state index contributed by atoms with van der Waals surface area (Å²) < 4.78 is 5.74. The Morgan fingerprint density at radius 2 is 2.08 bits per heavy atom. The molecule has 2 rings (SSSR count). The first-order chi connectivity index (χ1) is 12.4. The van der Waals surface area contributed by atoms with Crippen molar-refractivity contribution >= 4 is 11.7 Å². The fraction of sp³-hybridized carbons (Fsp3) is 0.350. The topological polar surface area (TPSA) is 78.2 Å². The van der Waals surface area contributed by atoms with Gasteiger partial charge >= 0.3 is 6.03 Å². The molecule has 0 fully saturated rings. The van der Waals surface area contributed by atoms with Gasteiger partial charge in [-0.25, -0.2) is 9.78 Å². The molecule has 6 heteroatoms. The first kappa shape index (κ1) is 19.3. The van der Waals surface area contributed by atoms with Crippen molar-refractivity contribution in [2.75, 3.05) is 18.4 Å². The number of nitrogens with one attached hydrogen (secondary N) is 1. The number of aryl methyl sites for hydroxylation is 2. The van der Waals surface area contributed by atoms with E-state index in [1.165, 1.54) is 5.56 Å². The molecule has 1 atom stereocenters. The van der Waals surface area contributed by atoms with E-state index in [4.69, 9.17) is 10.00 Å². The van der Waals surface area contributed by atoms with E-state index in [2.05, 4.69) is 16.4 Å². The van der Waals surface area contributed by atoms with Crippen molar-refractivity contribution in [1.29, 1.82) is 5.26 Å². The summed E-state index contributed by atoms with van der Waals surface area (Å²) in [5.41, 5.74) is 2.93. The smallest absolute Gasteiger partial charge is 0.321 e. The molecule has 136 valence electrons. The summed E-state index contributed by atoms with van der Waals surface area (Å²) in [4.78, 5) is 18.1. The number of amides is 2. The molecule has 0 aliphatic heterocycles. The zero-order chi connectivity index (χ0) is 19.1. The van der Waals surface area contributed by atoms with Crippen LogP contribution in [0.4, 0.5) is 10.5 Å². The molecule has 0 radical (unpaired) electrons. The van der Waals surface area contributed by atoms with Gasteiger partial charge in [-0.1, -0.05) is 6.07 Å². The van der Waals surface area contributed by atoms with E-state index >= 15 is 0 Å². The minimum absolute atomic E-state index is 0.215. The highest BCUT2D eigenvalue weighted by atomic mass is 16.5. The maximum atomic E-state index is 12.3. The van der Waals surface area contributed by atoms with Crippen molar-refractivity contribution in [3.05, 3.63) is 47.7 Å². The third-order valence-corrected chi connectivity index (χ3v) is 4.07. The number of pyridine rings is 1. The Hall–Kier alpha value is -3.07. The minimum Gasteiger partial charge on any atom is -0.439 e. The number of benzene rings is 1. The van der Waals surface area contributed by atoms with Crippen molar-refractivity contribution < 1.29 is 9.53 Å². The Labute approximate surface area is 154 Å². The molecule has 2 amide bonds. The fourth-order valence-corrected chi connectivity index (χ4v) is 2.34. The summed E-state index contributed by atoms with van der Waals surface area (Å²) in [6, 6.07) is 11.2. The van der Waals surface area contributed by atoms with E-state index in [0.29, 0.717) is 24.7 Å². The molecule has 0 saturated heterocycles. The predicted molar refractivity (Wildman–Crippen MR) is 101 cm³/mol. The van der Waals surface area contributed by atoms with Gasteiger partial charge in [-0.15, -0.1) is 0 Å². The average molecular weight is 352 g/mol. The van der Waals surface area contributed by atoms with Gasteiger partial charge in [0, 0.05) is 19.2 Å². The van der Waals surface area contributed by atoms with Gasteiger partial charge in [0.15, 0.2) is 0 Å². The Morgan fingerprint density at radius 3 is 2.65 bits per heavy atom. The molecule has 1 aromatic carbocycles. The molecule has 0 bridgehead atoms. The quantitative estimate of drug-likeness (QED) is 0.830. The van der Waals surface area contributed by atoms with Crippen LogP contribution in [0.25, 0.3) is 0 Å². The van der Waals surface area contributed by atoms with Gasteiger partial charge in [0.1, 0.15) is 5.75 Å². The Kier molecular flexibility index (Phi) is 6.56. The highest BCUT2D eigenvalue weighted by Gasteiger charge is 2.15. The van der Waals surface area contributed by atoms with Crippen LogP contribution in [0.2, 0.25) is 0 Å². The molecule has 1 aromatic heterocycles. The van der Waals surface area contributed by atoms with Crippen molar-refractivity contribution in [2.45, 2.75) is 27.7 Å². The lowest BCUT2D eigenvalue weighted by atomic mass is 10.1. The number of nitriles is 1. The van der Waals surface area contributed by atoms with Crippen molar-refractivity contribution in [2.24, 2.45) is 5.92 Å². The lowest BCUT2D eigenvalue weighted by Crippen LogP contribution is -2.37. The highest BCUT2D eigenvalue weighted by molar-refractivity contribution is 5.89. The third-order valence-electron chi connectivity index (χ3n) is 4.07. The first-order valence-corrected chi connectivity index (χ1v) is 8.59. The normalized spacial score (nSPS) is 11.3. The second-order valence-electron chi connectivity index (χ2n) is 6.23. The summed E-state index contributed by atoms with van der Waals surface area (Å²) >= 11 is 0. The van der Waals surface area contributed by atoms with Crippen molar-refractivity contribution in [3.63, 3.8) is 0 Å². The standard InChI is InChI=1S/C20H24N4O2/c1-5-24(13-14(2)11-21)20(25)23-17-7-9-19(22-12-17)26-18-8-6-15(3)16(4)10-18/h6-10,12,14H,5,13H2,1-4H3,(H,23,25)/t14-/m0/s1. The van der Waals surface area contributed by atoms with Crippen LogP contribution in [-0.2, 0) is 0 Å². The van der Waals surface area contributed by atoms with Crippen LogP contribution >= 0.6 is 0 Å².